The minimum absolute atomic E-state index is 0.0128. The Balaban J connectivity index is 2.19. The lowest BCUT2D eigenvalue weighted by Gasteiger charge is -2.01. The monoisotopic (exact) mass is 314 g/mol. The second-order valence-corrected chi connectivity index (χ2v) is 5.95. The molecule has 0 spiro atoms. The first-order valence-electron chi connectivity index (χ1n) is 6.58. The fraction of sp³-hybridized carbons (Fsp3) is 0.545. The molecular weight excluding hydrogens is 296 g/mol. The number of nitrogens with zero attached hydrogens (tertiary/aromatic N) is 4. The van der Waals surface area contributed by atoms with Crippen LogP contribution in [0.5, 0.6) is 6.01 Å². The van der Waals surface area contributed by atoms with Gasteiger partial charge in [-0.3, -0.25) is 0 Å². The molecule has 0 saturated carbocycles. The summed E-state index contributed by atoms with van der Waals surface area (Å²) in [7, 11) is -3.81. The zero-order valence-corrected chi connectivity index (χ0v) is 12.9. The lowest BCUT2D eigenvalue weighted by Crippen LogP contribution is -2.14. The Morgan fingerprint density at radius 2 is 2.14 bits per heavy atom. The van der Waals surface area contributed by atoms with Crippen LogP contribution in [0.2, 0.25) is 0 Å². The number of imidazole rings is 1. The zero-order valence-electron chi connectivity index (χ0n) is 12.1. The van der Waals surface area contributed by atoms with Gasteiger partial charge in [-0.05, 0) is 20.3 Å². The highest BCUT2D eigenvalue weighted by Crippen LogP contribution is 2.14. The fourth-order valence-electron chi connectivity index (χ4n) is 1.74. The number of aromatic nitrogens is 5. The quantitative estimate of drug-likeness (QED) is 0.785. The maximum absolute atomic E-state index is 12.2. The summed E-state index contributed by atoms with van der Waals surface area (Å²) in [6.07, 6.45) is 2.39. The third kappa shape index (κ3) is 3.51. The van der Waals surface area contributed by atoms with Crippen LogP contribution in [-0.2, 0) is 16.6 Å². The third-order valence-electron chi connectivity index (χ3n) is 2.66. The molecule has 2 aromatic rings. The highest BCUT2D eigenvalue weighted by molar-refractivity contribution is 7.92. The SMILES string of the molecule is CCCn1cc(S(=O)(=O)Nc2nc(OCC)n[nH]2)nc1C. The van der Waals surface area contributed by atoms with Gasteiger partial charge in [0.25, 0.3) is 10.0 Å². The predicted molar refractivity (Wildman–Crippen MR) is 75.6 cm³/mol. The highest BCUT2D eigenvalue weighted by atomic mass is 32.2. The largest absolute Gasteiger partial charge is 0.463 e. The molecule has 2 N–H and O–H groups in total. The molecule has 0 radical (unpaired) electrons. The molecule has 0 aliphatic rings. The maximum atomic E-state index is 12.2. The minimum atomic E-state index is -3.81. The van der Waals surface area contributed by atoms with E-state index < -0.39 is 10.0 Å². The number of hydrogen-bond acceptors (Lipinski definition) is 6. The lowest BCUT2D eigenvalue weighted by atomic mass is 10.5. The van der Waals surface area contributed by atoms with Crippen LogP contribution in [0.3, 0.4) is 0 Å². The molecule has 0 aliphatic heterocycles. The molecule has 0 bridgehead atoms. The van der Waals surface area contributed by atoms with Gasteiger partial charge in [0.15, 0.2) is 5.03 Å². The van der Waals surface area contributed by atoms with Crippen LogP contribution in [0, 0.1) is 6.92 Å². The Morgan fingerprint density at radius 1 is 1.38 bits per heavy atom. The van der Waals surface area contributed by atoms with E-state index in [4.69, 9.17) is 4.74 Å². The van der Waals surface area contributed by atoms with Crippen LogP contribution in [0.4, 0.5) is 5.95 Å². The van der Waals surface area contributed by atoms with Crippen molar-refractivity contribution < 1.29 is 13.2 Å². The van der Waals surface area contributed by atoms with Crippen molar-refractivity contribution in [2.24, 2.45) is 0 Å². The number of sulfonamides is 1. The molecule has 0 amide bonds. The van der Waals surface area contributed by atoms with Crippen LogP contribution in [0.1, 0.15) is 26.1 Å². The van der Waals surface area contributed by atoms with Gasteiger partial charge in [-0.1, -0.05) is 6.92 Å². The second-order valence-electron chi connectivity index (χ2n) is 4.32. The van der Waals surface area contributed by atoms with Crippen molar-refractivity contribution >= 4 is 16.0 Å². The molecule has 9 nitrogen and oxygen atoms in total. The van der Waals surface area contributed by atoms with Crippen molar-refractivity contribution in [3.05, 3.63) is 12.0 Å². The lowest BCUT2D eigenvalue weighted by molar-refractivity contribution is 0.314. The first kappa shape index (κ1) is 15.3. The smallest absolute Gasteiger partial charge is 0.337 e. The average Bonchev–Trinajstić information content (AvgIpc) is 2.98. The van der Waals surface area contributed by atoms with Gasteiger partial charge in [0, 0.05) is 12.7 Å². The first-order valence-corrected chi connectivity index (χ1v) is 8.06. The number of nitrogens with one attached hydrogen (secondary N) is 2. The van der Waals surface area contributed by atoms with E-state index >= 15 is 0 Å². The minimum Gasteiger partial charge on any atom is -0.463 e. The van der Waals surface area contributed by atoms with Gasteiger partial charge >= 0.3 is 6.01 Å². The molecule has 2 heterocycles. The summed E-state index contributed by atoms with van der Waals surface area (Å²) in [5.41, 5.74) is 0. The molecule has 10 heteroatoms. The number of ether oxygens (including phenoxy) is 1. The average molecular weight is 314 g/mol. The van der Waals surface area contributed by atoms with Crippen molar-refractivity contribution in [3.63, 3.8) is 0 Å². The van der Waals surface area contributed by atoms with E-state index in [1.807, 2.05) is 6.92 Å². The van der Waals surface area contributed by atoms with Gasteiger partial charge in [0.05, 0.1) is 6.61 Å². The molecule has 0 aromatic carbocycles. The Labute approximate surface area is 122 Å². The van der Waals surface area contributed by atoms with Gasteiger partial charge in [-0.15, -0.1) is 5.10 Å². The first-order chi connectivity index (χ1) is 9.96. The van der Waals surface area contributed by atoms with E-state index in [2.05, 4.69) is 24.9 Å². The predicted octanol–water partition coefficient (Wildman–Crippen LogP) is 0.919. The van der Waals surface area contributed by atoms with Crippen LogP contribution in [0.15, 0.2) is 11.2 Å². The molecule has 116 valence electrons. The molecule has 2 aromatic heterocycles. The van der Waals surface area contributed by atoms with Crippen LogP contribution in [-0.4, -0.2) is 39.8 Å². The van der Waals surface area contributed by atoms with E-state index in [9.17, 15) is 8.42 Å². The molecule has 2 rings (SSSR count). The van der Waals surface area contributed by atoms with E-state index in [0.29, 0.717) is 19.0 Å². The Bertz CT molecular complexity index is 705. The number of hydrogen-bond donors (Lipinski definition) is 2. The van der Waals surface area contributed by atoms with Gasteiger partial charge in [0.2, 0.25) is 5.95 Å². The second kappa shape index (κ2) is 6.12. The van der Waals surface area contributed by atoms with E-state index in [1.165, 1.54) is 6.20 Å². The Kier molecular flexibility index (Phi) is 4.46. The van der Waals surface area contributed by atoms with Crippen molar-refractivity contribution in [2.45, 2.75) is 38.8 Å². The fourth-order valence-corrected chi connectivity index (χ4v) is 2.71. The van der Waals surface area contributed by atoms with Crippen molar-refractivity contribution in [1.82, 2.24) is 24.7 Å². The Morgan fingerprint density at radius 3 is 2.81 bits per heavy atom. The normalized spacial score (nSPS) is 11.6. The van der Waals surface area contributed by atoms with E-state index in [0.717, 1.165) is 6.42 Å². The van der Waals surface area contributed by atoms with E-state index in [1.54, 1.807) is 18.4 Å². The molecule has 0 aliphatic carbocycles. The van der Waals surface area contributed by atoms with E-state index in [-0.39, 0.29) is 17.0 Å². The van der Waals surface area contributed by atoms with Gasteiger partial charge in [-0.25, -0.2) is 14.8 Å². The van der Waals surface area contributed by atoms with Gasteiger partial charge < -0.3 is 9.30 Å². The van der Waals surface area contributed by atoms with Crippen LogP contribution >= 0.6 is 0 Å². The van der Waals surface area contributed by atoms with Gasteiger partial charge in [-0.2, -0.15) is 13.4 Å². The molecular formula is C11H18N6O3S. The number of anilines is 1. The highest BCUT2D eigenvalue weighted by Gasteiger charge is 2.21. The summed E-state index contributed by atoms with van der Waals surface area (Å²) >= 11 is 0. The molecule has 21 heavy (non-hydrogen) atoms. The molecule has 0 atom stereocenters. The standard InChI is InChI=1S/C11H18N6O3S/c1-4-6-17-7-9(12-8(17)3)21(18,19)16-10-13-11(15-14-10)20-5-2/h7H,4-6H2,1-3H3,(H2,13,14,15,16). The number of H-pyrrole nitrogens is 1. The molecule has 0 saturated heterocycles. The number of aryl methyl sites for hydroxylation is 2. The Hall–Kier alpha value is -2.10. The number of aromatic amines is 1. The summed E-state index contributed by atoms with van der Waals surface area (Å²) in [6, 6.07) is 0.0860. The third-order valence-corrected chi connectivity index (χ3v) is 3.87. The van der Waals surface area contributed by atoms with Crippen molar-refractivity contribution in [2.75, 3.05) is 11.3 Å². The summed E-state index contributed by atoms with van der Waals surface area (Å²) < 4.78 is 33.6. The topological polar surface area (TPSA) is 115 Å². The summed E-state index contributed by atoms with van der Waals surface area (Å²) in [5, 5.41) is 6.12. The summed E-state index contributed by atoms with van der Waals surface area (Å²) in [4.78, 5) is 7.92. The van der Waals surface area contributed by atoms with Crippen molar-refractivity contribution in [1.29, 1.82) is 0 Å². The zero-order chi connectivity index (χ0) is 15.5. The van der Waals surface area contributed by atoms with Crippen LogP contribution < -0.4 is 9.46 Å². The maximum Gasteiger partial charge on any atom is 0.337 e. The van der Waals surface area contributed by atoms with Gasteiger partial charge in [0.1, 0.15) is 5.82 Å². The molecule has 0 fully saturated rings. The van der Waals surface area contributed by atoms with Crippen molar-refractivity contribution in [3.8, 4) is 6.01 Å². The summed E-state index contributed by atoms with van der Waals surface area (Å²) in [5.74, 6) is 0.631. The molecule has 0 unspecified atom stereocenters. The summed E-state index contributed by atoms with van der Waals surface area (Å²) in [6.45, 7) is 6.66. The number of rotatable bonds is 7. The van der Waals surface area contributed by atoms with Crippen LogP contribution in [0.25, 0.3) is 0 Å².